The van der Waals surface area contributed by atoms with Crippen LogP contribution in [-0.4, -0.2) is 40.2 Å². The molecule has 1 aromatic heterocycles. The molecule has 3 amide bonds. The van der Waals surface area contributed by atoms with Gasteiger partial charge in [0.05, 0.1) is 12.6 Å². The molecule has 166 valence electrons. The van der Waals surface area contributed by atoms with Gasteiger partial charge in [0.15, 0.2) is 0 Å². The van der Waals surface area contributed by atoms with E-state index in [2.05, 4.69) is 20.8 Å². The Kier molecular flexibility index (Phi) is 6.65. The Hall–Kier alpha value is -3.46. The van der Waals surface area contributed by atoms with Crippen molar-refractivity contribution in [2.45, 2.75) is 32.7 Å². The molecule has 1 fully saturated rings. The zero-order chi connectivity index (χ0) is 22.5. The lowest BCUT2D eigenvalue weighted by molar-refractivity contribution is 0.102. The first kappa shape index (κ1) is 21.8. The number of carbonyl (C=O) groups excluding carboxylic acids is 2. The molecule has 0 bridgehead atoms. The van der Waals surface area contributed by atoms with Crippen LogP contribution >= 0.6 is 11.3 Å². The van der Waals surface area contributed by atoms with Gasteiger partial charge in [0.25, 0.3) is 5.91 Å². The molecule has 1 atom stereocenters. The van der Waals surface area contributed by atoms with E-state index in [0.717, 1.165) is 24.2 Å². The average Bonchev–Trinajstić information content (AvgIpc) is 3.46. The molecule has 2 N–H and O–H groups in total. The van der Waals surface area contributed by atoms with E-state index in [1.807, 2.05) is 62.4 Å². The largest absolute Gasteiger partial charge is 0.494 e. The summed E-state index contributed by atoms with van der Waals surface area (Å²) in [5, 5.41) is 15.0. The van der Waals surface area contributed by atoms with Crippen molar-refractivity contribution in [1.82, 2.24) is 15.1 Å². The number of aryl methyl sites for hydroxylation is 1. The summed E-state index contributed by atoms with van der Waals surface area (Å²) in [6.07, 6.45) is 1.65. The molecule has 9 heteroatoms. The third kappa shape index (κ3) is 5.05. The number of anilines is 2. The fraction of sp³-hybridized carbons (Fsp3) is 0.304. The van der Waals surface area contributed by atoms with E-state index in [1.54, 1.807) is 4.90 Å². The number of nitrogens with one attached hydrogen (secondary N) is 2. The Morgan fingerprint density at radius 1 is 1.06 bits per heavy atom. The van der Waals surface area contributed by atoms with Gasteiger partial charge in [-0.1, -0.05) is 29.0 Å². The van der Waals surface area contributed by atoms with Crippen LogP contribution in [0.25, 0.3) is 0 Å². The molecular weight excluding hydrogens is 426 g/mol. The lowest BCUT2D eigenvalue weighted by Gasteiger charge is -2.23. The Bertz CT molecular complexity index is 1080. The van der Waals surface area contributed by atoms with Crippen LogP contribution in [-0.2, 0) is 0 Å². The second kappa shape index (κ2) is 9.78. The van der Waals surface area contributed by atoms with Gasteiger partial charge in [-0.25, -0.2) is 4.79 Å². The number of hydrogen-bond acceptors (Lipinski definition) is 6. The van der Waals surface area contributed by atoms with Crippen LogP contribution in [0.1, 0.15) is 46.2 Å². The minimum atomic E-state index is -0.305. The minimum absolute atomic E-state index is 0.197. The third-order valence-electron chi connectivity index (χ3n) is 5.16. The van der Waals surface area contributed by atoms with Gasteiger partial charge in [-0.15, -0.1) is 10.2 Å². The topological polar surface area (TPSA) is 96.4 Å². The zero-order valence-corrected chi connectivity index (χ0v) is 18.8. The summed E-state index contributed by atoms with van der Waals surface area (Å²) in [7, 11) is 0. The predicted octanol–water partition coefficient (Wildman–Crippen LogP) is 4.87. The maximum Gasteiger partial charge on any atom is 0.322 e. The van der Waals surface area contributed by atoms with Gasteiger partial charge in [0.2, 0.25) is 5.01 Å². The van der Waals surface area contributed by atoms with Gasteiger partial charge in [-0.3, -0.25) is 4.79 Å². The van der Waals surface area contributed by atoms with E-state index in [0.29, 0.717) is 29.5 Å². The van der Waals surface area contributed by atoms with Crippen molar-refractivity contribution in [3.8, 4) is 5.75 Å². The summed E-state index contributed by atoms with van der Waals surface area (Å²) in [5.41, 5.74) is 2.51. The van der Waals surface area contributed by atoms with Crippen molar-refractivity contribution < 1.29 is 14.3 Å². The zero-order valence-electron chi connectivity index (χ0n) is 18.0. The number of benzene rings is 2. The summed E-state index contributed by atoms with van der Waals surface area (Å²) in [6.45, 7) is 5.13. The van der Waals surface area contributed by atoms with Crippen LogP contribution in [0.2, 0.25) is 0 Å². The number of aromatic nitrogens is 2. The van der Waals surface area contributed by atoms with Crippen molar-refractivity contribution in [3.05, 3.63) is 64.1 Å². The number of likely N-dealkylation sites (tertiary alicyclic amines) is 1. The predicted molar refractivity (Wildman–Crippen MR) is 124 cm³/mol. The van der Waals surface area contributed by atoms with Crippen molar-refractivity contribution >= 4 is 34.6 Å². The maximum absolute atomic E-state index is 12.9. The van der Waals surface area contributed by atoms with E-state index in [4.69, 9.17) is 4.74 Å². The van der Waals surface area contributed by atoms with Gasteiger partial charge < -0.3 is 20.3 Å². The van der Waals surface area contributed by atoms with E-state index in [-0.39, 0.29) is 23.0 Å². The molecule has 0 radical (unpaired) electrons. The van der Waals surface area contributed by atoms with Crippen LogP contribution in [0.3, 0.4) is 0 Å². The molecular formula is C23H25N5O3S. The lowest BCUT2D eigenvalue weighted by Crippen LogP contribution is -2.34. The Morgan fingerprint density at radius 3 is 2.47 bits per heavy atom. The molecule has 2 aromatic carbocycles. The fourth-order valence-corrected chi connectivity index (χ4v) is 4.43. The van der Waals surface area contributed by atoms with Gasteiger partial charge in [-0.05, 0) is 63.1 Å². The fourth-order valence-electron chi connectivity index (χ4n) is 3.55. The molecule has 1 unspecified atom stereocenters. The molecule has 8 nitrogen and oxygen atoms in total. The third-order valence-corrected chi connectivity index (χ3v) is 6.18. The number of hydrogen-bond donors (Lipinski definition) is 2. The van der Waals surface area contributed by atoms with Gasteiger partial charge in [0.1, 0.15) is 10.8 Å². The van der Waals surface area contributed by atoms with Gasteiger partial charge in [-0.2, -0.15) is 0 Å². The number of nitrogens with zero attached hydrogens (tertiary/aromatic N) is 3. The summed E-state index contributed by atoms with van der Waals surface area (Å²) >= 11 is 1.22. The molecule has 1 saturated heterocycles. The number of rotatable bonds is 6. The van der Waals surface area contributed by atoms with Crippen molar-refractivity contribution in [2.75, 3.05) is 23.8 Å². The average molecular weight is 452 g/mol. The van der Waals surface area contributed by atoms with Crippen LogP contribution in [0.4, 0.5) is 16.2 Å². The Morgan fingerprint density at radius 2 is 1.75 bits per heavy atom. The SMILES string of the molecule is CCOc1ccc(NC(=O)N2CCCC2c2nnc(C(=O)Nc3ccc(C)cc3)s2)cc1. The second-order valence-electron chi connectivity index (χ2n) is 7.50. The molecule has 0 aliphatic carbocycles. The molecule has 3 aromatic rings. The smallest absolute Gasteiger partial charge is 0.322 e. The van der Waals surface area contributed by atoms with Crippen LogP contribution < -0.4 is 15.4 Å². The number of carbonyl (C=O) groups is 2. The monoisotopic (exact) mass is 451 g/mol. The Balaban J connectivity index is 1.40. The molecule has 2 heterocycles. The highest BCUT2D eigenvalue weighted by molar-refractivity contribution is 7.13. The number of amides is 3. The van der Waals surface area contributed by atoms with Crippen molar-refractivity contribution in [3.63, 3.8) is 0 Å². The normalized spacial score (nSPS) is 15.4. The maximum atomic E-state index is 12.9. The Labute approximate surface area is 190 Å². The standard InChI is InChI=1S/C23H25N5O3S/c1-3-31-18-12-10-17(11-13-18)25-23(30)28-14-4-5-19(28)21-26-27-22(32-21)20(29)24-16-8-6-15(2)7-9-16/h6-13,19H,3-5,14H2,1-2H3,(H,24,29)(H,25,30). The van der Waals surface area contributed by atoms with Gasteiger partial charge in [0, 0.05) is 17.9 Å². The summed E-state index contributed by atoms with van der Waals surface area (Å²) in [5.74, 6) is 0.454. The van der Waals surface area contributed by atoms with Crippen molar-refractivity contribution in [1.29, 1.82) is 0 Å². The molecule has 1 aliphatic rings. The van der Waals surface area contributed by atoms with Crippen LogP contribution in [0.15, 0.2) is 48.5 Å². The first-order valence-electron chi connectivity index (χ1n) is 10.6. The summed E-state index contributed by atoms with van der Waals surface area (Å²) in [4.78, 5) is 27.2. The van der Waals surface area contributed by atoms with E-state index < -0.39 is 0 Å². The lowest BCUT2D eigenvalue weighted by atomic mass is 10.2. The molecule has 32 heavy (non-hydrogen) atoms. The first-order chi connectivity index (χ1) is 15.5. The molecule has 4 rings (SSSR count). The minimum Gasteiger partial charge on any atom is -0.494 e. The molecule has 0 spiro atoms. The highest BCUT2D eigenvalue weighted by Gasteiger charge is 2.33. The molecule has 1 aliphatic heterocycles. The van der Waals surface area contributed by atoms with Crippen molar-refractivity contribution in [2.24, 2.45) is 0 Å². The number of ether oxygens (including phenoxy) is 1. The summed E-state index contributed by atoms with van der Waals surface area (Å²) < 4.78 is 5.44. The number of urea groups is 1. The van der Waals surface area contributed by atoms with E-state index in [1.165, 1.54) is 11.3 Å². The first-order valence-corrected chi connectivity index (χ1v) is 11.4. The highest BCUT2D eigenvalue weighted by Crippen LogP contribution is 2.34. The van der Waals surface area contributed by atoms with Crippen LogP contribution in [0.5, 0.6) is 5.75 Å². The van der Waals surface area contributed by atoms with Crippen LogP contribution in [0, 0.1) is 6.92 Å². The van der Waals surface area contributed by atoms with Gasteiger partial charge >= 0.3 is 6.03 Å². The van der Waals surface area contributed by atoms with E-state index in [9.17, 15) is 9.59 Å². The molecule has 0 saturated carbocycles. The second-order valence-corrected chi connectivity index (χ2v) is 8.51. The van der Waals surface area contributed by atoms with E-state index >= 15 is 0 Å². The summed E-state index contributed by atoms with van der Waals surface area (Å²) in [6, 6.07) is 14.4. The quantitative estimate of drug-likeness (QED) is 0.558. The highest BCUT2D eigenvalue weighted by atomic mass is 32.1.